The number of hydrogen-bond acceptors (Lipinski definition) is 4. The first kappa shape index (κ1) is 15.5. The van der Waals surface area contributed by atoms with Gasteiger partial charge in [0, 0.05) is 24.3 Å². The van der Waals surface area contributed by atoms with Crippen molar-refractivity contribution in [3.05, 3.63) is 29.3 Å². The highest BCUT2D eigenvalue weighted by atomic mass is 32.2. The fourth-order valence-electron chi connectivity index (χ4n) is 1.55. The fourth-order valence-corrected chi connectivity index (χ4v) is 2.28. The van der Waals surface area contributed by atoms with Gasteiger partial charge in [-0.15, -0.1) is 0 Å². The van der Waals surface area contributed by atoms with Crippen molar-refractivity contribution in [2.75, 3.05) is 6.26 Å². The van der Waals surface area contributed by atoms with Crippen molar-refractivity contribution >= 4 is 15.8 Å². The topological polar surface area (TPSA) is 97.5 Å². The van der Waals surface area contributed by atoms with Crippen LogP contribution in [0.1, 0.15) is 24.4 Å². The predicted molar refractivity (Wildman–Crippen MR) is 63.3 cm³/mol. The van der Waals surface area contributed by atoms with Crippen LogP contribution in [0, 0.1) is 11.6 Å². The number of halogens is 2. The Balaban J connectivity index is 3.13. The average Bonchev–Trinajstić information content (AvgIpc) is 2.27. The highest BCUT2D eigenvalue weighted by molar-refractivity contribution is 7.90. The van der Waals surface area contributed by atoms with Gasteiger partial charge in [-0.2, -0.15) is 0 Å². The summed E-state index contributed by atoms with van der Waals surface area (Å²) in [7, 11) is -3.87. The molecule has 1 aromatic rings. The molecule has 0 heterocycles. The van der Waals surface area contributed by atoms with Crippen LogP contribution >= 0.6 is 0 Å². The van der Waals surface area contributed by atoms with Crippen LogP contribution in [0.5, 0.6) is 0 Å². The Bertz CT molecular complexity index is 601. The van der Waals surface area contributed by atoms with E-state index in [0.29, 0.717) is 0 Å². The largest absolute Gasteiger partial charge is 0.481 e. The van der Waals surface area contributed by atoms with Gasteiger partial charge in [-0.1, -0.05) is 6.07 Å². The minimum Gasteiger partial charge on any atom is -0.481 e. The molecule has 0 amide bonds. The number of nitrogens with two attached hydrogens (primary N) is 1. The number of aliphatic carboxylic acids is 1. The molecule has 1 atom stereocenters. The summed E-state index contributed by atoms with van der Waals surface area (Å²) in [4.78, 5) is 9.62. The number of benzene rings is 1. The molecule has 5 nitrogen and oxygen atoms in total. The number of carbonyl (C=O) groups is 1. The van der Waals surface area contributed by atoms with Crippen LogP contribution in [0.2, 0.25) is 0 Å². The van der Waals surface area contributed by atoms with E-state index in [1.807, 2.05) is 0 Å². The van der Waals surface area contributed by atoms with Gasteiger partial charge in [-0.05, 0) is 12.5 Å². The molecule has 0 aliphatic carbocycles. The second kappa shape index (κ2) is 5.62. The van der Waals surface area contributed by atoms with Crippen LogP contribution in [-0.4, -0.2) is 25.7 Å². The number of hydrogen-bond donors (Lipinski definition) is 2. The molecule has 0 spiro atoms. The second-order valence-corrected chi connectivity index (χ2v) is 6.08. The Morgan fingerprint density at radius 1 is 1.37 bits per heavy atom. The van der Waals surface area contributed by atoms with Crippen molar-refractivity contribution in [1.29, 1.82) is 0 Å². The third kappa shape index (κ3) is 3.71. The summed E-state index contributed by atoms with van der Waals surface area (Å²) < 4.78 is 49.7. The molecule has 0 aliphatic rings. The Kier molecular flexibility index (Phi) is 4.59. The lowest BCUT2D eigenvalue weighted by molar-refractivity contribution is -0.137. The van der Waals surface area contributed by atoms with Crippen molar-refractivity contribution in [3.63, 3.8) is 0 Å². The molecule has 0 fully saturated rings. The van der Waals surface area contributed by atoms with Crippen LogP contribution in [0.3, 0.4) is 0 Å². The predicted octanol–water partition coefficient (Wildman–Crippen LogP) is 1.23. The van der Waals surface area contributed by atoms with E-state index < -0.39 is 38.4 Å². The first-order valence-electron chi connectivity index (χ1n) is 5.30. The van der Waals surface area contributed by atoms with Crippen LogP contribution in [-0.2, 0) is 14.6 Å². The molecule has 0 aliphatic heterocycles. The SMILES string of the molecule is CS(=O)(=O)c1ccc(C(N)CCC(=O)O)c(F)c1F. The molecule has 3 N–H and O–H groups in total. The average molecular weight is 293 g/mol. The molecule has 8 heteroatoms. The summed E-state index contributed by atoms with van der Waals surface area (Å²) in [5.74, 6) is -3.96. The summed E-state index contributed by atoms with van der Waals surface area (Å²) in [5, 5.41) is 8.48. The van der Waals surface area contributed by atoms with Gasteiger partial charge in [0.25, 0.3) is 0 Å². The Labute approximate surface area is 109 Å². The lowest BCUT2D eigenvalue weighted by atomic mass is 10.0. The van der Waals surface area contributed by atoms with Gasteiger partial charge in [0.1, 0.15) is 4.90 Å². The van der Waals surface area contributed by atoms with Crippen molar-refractivity contribution < 1.29 is 27.1 Å². The number of carboxylic acids is 1. The van der Waals surface area contributed by atoms with Crippen LogP contribution in [0.4, 0.5) is 8.78 Å². The summed E-state index contributed by atoms with van der Waals surface area (Å²) in [6.07, 6.45) is 0.384. The third-order valence-corrected chi connectivity index (χ3v) is 3.66. The van der Waals surface area contributed by atoms with E-state index in [2.05, 4.69) is 0 Å². The molecule has 1 aromatic carbocycles. The molecule has 19 heavy (non-hydrogen) atoms. The van der Waals surface area contributed by atoms with E-state index in [-0.39, 0.29) is 18.4 Å². The smallest absolute Gasteiger partial charge is 0.303 e. The minimum atomic E-state index is -3.87. The molecule has 0 saturated carbocycles. The van der Waals surface area contributed by atoms with Gasteiger partial charge in [0.05, 0.1) is 0 Å². The highest BCUT2D eigenvalue weighted by Crippen LogP contribution is 2.25. The normalized spacial score (nSPS) is 13.3. The fraction of sp³-hybridized carbons (Fsp3) is 0.364. The summed E-state index contributed by atoms with van der Waals surface area (Å²) >= 11 is 0. The van der Waals surface area contributed by atoms with Crippen LogP contribution in [0.15, 0.2) is 17.0 Å². The van der Waals surface area contributed by atoms with Crippen LogP contribution < -0.4 is 5.73 Å². The van der Waals surface area contributed by atoms with E-state index in [9.17, 15) is 22.0 Å². The van der Waals surface area contributed by atoms with Gasteiger partial charge in [-0.3, -0.25) is 4.79 Å². The molecular weight excluding hydrogens is 280 g/mol. The van der Waals surface area contributed by atoms with Gasteiger partial charge >= 0.3 is 5.97 Å². The first-order valence-corrected chi connectivity index (χ1v) is 7.19. The third-order valence-electron chi connectivity index (χ3n) is 2.54. The zero-order valence-corrected chi connectivity index (χ0v) is 10.9. The van der Waals surface area contributed by atoms with E-state index in [1.54, 1.807) is 0 Å². The van der Waals surface area contributed by atoms with Crippen molar-refractivity contribution in [3.8, 4) is 0 Å². The van der Waals surface area contributed by atoms with Crippen molar-refractivity contribution in [2.24, 2.45) is 5.73 Å². The number of carboxylic acid groups (broad SMARTS) is 1. The Morgan fingerprint density at radius 2 is 1.95 bits per heavy atom. The van der Waals surface area contributed by atoms with E-state index in [4.69, 9.17) is 10.8 Å². The molecule has 0 saturated heterocycles. The maximum Gasteiger partial charge on any atom is 0.303 e. The Morgan fingerprint density at radius 3 is 2.42 bits per heavy atom. The lowest BCUT2D eigenvalue weighted by Crippen LogP contribution is -2.16. The monoisotopic (exact) mass is 293 g/mol. The van der Waals surface area contributed by atoms with Gasteiger partial charge < -0.3 is 10.8 Å². The van der Waals surface area contributed by atoms with E-state index in [0.717, 1.165) is 18.4 Å². The zero-order valence-electron chi connectivity index (χ0n) is 10.1. The first-order chi connectivity index (χ1) is 8.64. The van der Waals surface area contributed by atoms with Crippen molar-refractivity contribution in [1.82, 2.24) is 0 Å². The quantitative estimate of drug-likeness (QED) is 0.851. The molecule has 0 bridgehead atoms. The molecule has 0 aromatic heterocycles. The Hall–Kier alpha value is -1.54. The number of sulfone groups is 1. The number of rotatable bonds is 5. The van der Waals surface area contributed by atoms with Gasteiger partial charge in [0.2, 0.25) is 0 Å². The summed E-state index contributed by atoms with van der Waals surface area (Å²) in [6.45, 7) is 0. The van der Waals surface area contributed by atoms with E-state index in [1.165, 1.54) is 0 Å². The second-order valence-electron chi connectivity index (χ2n) is 4.09. The summed E-state index contributed by atoms with van der Waals surface area (Å²) in [5.41, 5.74) is 5.31. The lowest BCUT2D eigenvalue weighted by Gasteiger charge is -2.13. The maximum absolute atomic E-state index is 13.7. The maximum atomic E-state index is 13.7. The van der Waals surface area contributed by atoms with Gasteiger partial charge in [0.15, 0.2) is 21.5 Å². The molecule has 1 unspecified atom stereocenters. The highest BCUT2D eigenvalue weighted by Gasteiger charge is 2.22. The van der Waals surface area contributed by atoms with E-state index >= 15 is 0 Å². The molecule has 0 radical (unpaired) electrons. The van der Waals surface area contributed by atoms with Crippen LogP contribution in [0.25, 0.3) is 0 Å². The zero-order chi connectivity index (χ0) is 14.8. The standard InChI is InChI=1S/C11H13F2NO4S/c1-19(17,18)8-4-2-6(10(12)11(8)13)7(14)3-5-9(15)16/h2,4,7H,3,5,14H2,1H3,(H,15,16). The van der Waals surface area contributed by atoms with Gasteiger partial charge in [-0.25, -0.2) is 17.2 Å². The molecule has 1 rings (SSSR count). The summed E-state index contributed by atoms with van der Waals surface area (Å²) in [6, 6.07) is 0.963. The molecule has 106 valence electrons. The minimum absolute atomic E-state index is 0.0794. The van der Waals surface area contributed by atoms with Crippen molar-refractivity contribution in [2.45, 2.75) is 23.8 Å². The molecular formula is C11H13F2NO4S.